The van der Waals surface area contributed by atoms with Gasteiger partial charge in [-0.1, -0.05) is 6.07 Å². The molecule has 0 bridgehead atoms. The number of nitrogens with two attached hydrogens (primary N) is 1. The molecule has 1 heterocycles. The van der Waals surface area contributed by atoms with Crippen LogP contribution in [0.25, 0.3) is 0 Å². The van der Waals surface area contributed by atoms with Crippen molar-refractivity contribution in [1.29, 1.82) is 0 Å². The lowest BCUT2D eigenvalue weighted by Gasteiger charge is -2.09. The Hall–Kier alpha value is -2.12. The molecule has 1 aromatic carbocycles. The Labute approximate surface area is 123 Å². The molecular formula is C14H16N2O4S. The Balaban J connectivity index is 2.06. The maximum atomic E-state index is 11.9. The first-order valence-electron chi connectivity index (χ1n) is 6.32. The van der Waals surface area contributed by atoms with E-state index in [1.54, 1.807) is 31.4 Å². The van der Waals surface area contributed by atoms with Gasteiger partial charge in [0.25, 0.3) is 0 Å². The lowest BCUT2D eigenvalue weighted by molar-refractivity contribution is -0.116. The van der Waals surface area contributed by atoms with Crippen molar-refractivity contribution in [2.45, 2.75) is 24.7 Å². The summed E-state index contributed by atoms with van der Waals surface area (Å²) in [5, 5.41) is 7.76. The SMILES string of the molecule is Cc1ccc(S(N)(=O)=O)cc1NC(=O)CCc1ccco1. The molecule has 2 aromatic rings. The van der Waals surface area contributed by atoms with E-state index < -0.39 is 10.0 Å². The molecule has 0 saturated carbocycles. The summed E-state index contributed by atoms with van der Waals surface area (Å²) in [4.78, 5) is 11.9. The lowest BCUT2D eigenvalue weighted by Crippen LogP contribution is -2.15. The molecule has 1 amide bonds. The van der Waals surface area contributed by atoms with Crippen LogP contribution in [0.1, 0.15) is 17.7 Å². The van der Waals surface area contributed by atoms with Crippen LogP contribution >= 0.6 is 0 Å². The number of carbonyl (C=O) groups excluding carboxylic acids is 1. The third kappa shape index (κ3) is 4.17. The van der Waals surface area contributed by atoms with Gasteiger partial charge in [0.15, 0.2) is 0 Å². The van der Waals surface area contributed by atoms with Gasteiger partial charge in [0.2, 0.25) is 15.9 Å². The summed E-state index contributed by atoms with van der Waals surface area (Å²) < 4.78 is 27.8. The van der Waals surface area contributed by atoms with Gasteiger partial charge in [-0.2, -0.15) is 0 Å². The first kappa shape index (κ1) is 15.3. The number of carbonyl (C=O) groups is 1. The number of nitrogens with one attached hydrogen (secondary N) is 1. The monoisotopic (exact) mass is 308 g/mol. The van der Waals surface area contributed by atoms with Crippen molar-refractivity contribution in [2.24, 2.45) is 5.14 Å². The fourth-order valence-corrected chi connectivity index (χ4v) is 2.36. The molecule has 0 aliphatic carbocycles. The maximum Gasteiger partial charge on any atom is 0.238 e. The third-order valence-electron chi connectivity index (χ3n) is 2.99. The van der Waals surface area contributed by atoms with Crippen LogP contribution in [0, 0.1) is 6.92 Å². The van der Waals surface area contributed by atoms with E-state index in [9.17, 15) is 13.2 Å². The van der Waals surface area contributed by atoms with Gasteiger partial charge in [0.05, 0.1) is 11.2 Å². The highest BCUT2D eigenvalue weighted by atomic mass is 32.2. The molecule has 0 aliphatic rings. The Morgan fingerprint density at radius 2 is 2.10 bits per heavy atom. The predicted octanol–water partition coefficient (Wildman–Crippen LogP) is 1.81. The fourth-order valence-electron chi connectivity index (χ4n) is 1.82. The molecule has 0 aliphatic heterocycles. The number of anilines is 1. The van der Waals surface area contributed by atoms with Crippen LogP contribution in [0.4, 0.5) is 5.69 Å². The summed E-state index contributed by atoms with van der Waals surface area (Å²) in [7, 11) is -3.79. The highest BCUT2D eigenvalue weighted by Gasteiger charge is 2.12. The summed E-state index contributed by atoms with van der Waals surface area (Å²) in [6.45, 7) is 1.77. The number of primary sulfonamides is 1. The van der Waals surface area contributed by atoms with E-state index in [4.69, 9.17) is 9.56 Å². The van der Waals surface area contributed by atoms with Crippen LogP contribution in [0.3, 0.4) is 0 Å². The van der Waals surface area contributed by atoms with Crippen LogP contribution in [-0.2, 0) is 21.2 Å². The first-order valence-corrected chi connectivity index (χ1v) is 7.86. The van der Waals surface area contributed by atoms with E-state index in [-0.39, 0.29) is 17.2 Å². The standard InChI is InChI=1S/C14H16N2O4S/c1-10-4-6-12(21(15,18)19)9-13(10)16-14(17)7-5-11-3-2-8-20-11/h2-4,6,8-9H,5,7H2,1H3,(H,16,17)(H2,15,18,19). The highest BCUT2D eigenvalue weighted by molar-refractivity contribution is 7.89. The summed E-state index contributed by atoms with van der Waals surface area (Å²) >= 11 is 0. The minimum absolute atomic E-state index is 0.0329. The zero-order chi connectivity index (χ0) is 15.5. The van der Waals surface area contributed by atoms with E-state index >= 15 is 0 Å². The molecule has 0 saturated heterocycles. The van der Waals surface area contributed by atoms with Crippen LogP contribution in [-0.4, -0.2) is 14.3 Å². The molecule has 7 heteroatoms. The van der Waals surface area contributed by atoms with Gasteiger partial charge < -0.3 is 9.73 Å². The van der Waals surface area contributed by atoms with Crippen molar-refractivity contribution in [2.75, 3.05) is 5.32 Å². The Morgan fingerprint density at radius 1 is 1.33 bits per heavy atom. The Morgan fingerprint density at radius 3 is 2.71 bits per heavy atom. The van der Waals surface area contributed by atoms with Crippen LogP contribution in [0.15, 0.2) is 45.9 Å². The molecule has 21 heavy (non-hydrogen) atoms. The second-order valence-corrected chi connectivity index (χ2v) is 6.21. The minimum atomic E-state index is -3.79. The van der Waals surface area contributed by atoms with Gasteiger partial charge in [0.1, 0.15) is 5.76 Å². The van der Waals surface area contributed by atoms with E-state index in [1.807, 2.05) is 0 Å². The number of aryl methyl sites for hydroxylation is 2. The highest BCUT2D eigenvalue weighted by Crippen LogP contribution is 2.19. The van der Waals surface area contributed by atoms with E-state index in [0.717, 1.165) is 11.3 Å². The zero-order valence-corrected chi connectivity index (χ0v) is 12.3. The lowest BCUT2D eigenvalue weighted by atomic mass is 10.2. The molecule has 112 valence electrons. The Bertz CT molecular complexity index is 736. The van der Waals surface area contributed by atoms with E-state index in [2.05, 4.69) is 5.32 Å². The maximum absolute atomic E-state index is 11.9. The normalized spacial score (nSPS) is 11.3. The molecular weight excluding hydrogens is 292 g/mol. The van der Waals surface area contributed by atoms with Gasteiger partial charge in [-0.15, -0.1) is 0 Å². The second kappa shape index (κ2) is 6.11. The van der Waals surface area contributed by atoms with E-state index in [0.29, 0.717) is 12.1 Å². The quantitative estimate of drug-likeness (QED) is 0.879. The number of sulfonamides is 1. The molecule has 2 rings (SSSR count). The van der Waals surface area contributed by atoms with Gasteiger partial charge in [0, 0.05) is 18.5 Å². The molecule has 0 atom stereocenters. The number of benzene rings is 1. The number of hydrogen-bond donors (Lipinski definition) is 2. The number of furan rings is 1. The van der Waals surface area contributed by atoms with Crippen molar-refractivity contribution >= 4 is 21.6 Å². The third-order valence-corrected chi connectivity index (χ3v) is 3.90. The molecule has 0 unspecified atom stereocenters. The number of hydrogen-bond acceptors (Lipinski definition) is 4. The van der Waals surface area contributed by atoms with Crippen molar-refractivity contribution in [1.82, 2.24) is 0 Å². The summed E-state index contributed by atoms with van der Waals surface area (Å²) in [5.41, 5.74) is 1.19. The molecule has 6 nitrogen and oxygen atoms in total. The molecule has 0 spiro atoms. The van der Waals surface area contributed by atoms with Gasteiger partial charge >= 0.3 is 0 Å². The van der Waals surface area contributed by atoms with Crippen molar-refractivity contribution < 1.29 is 17.6 Å². The molecule has 0 radical (unpaired) electrons. The largest absolute Gasteiger partial charge is 0.469 e. The number of amides is 1. The first-order chi connectivity index (χ1) is 9.86. The number of rotatable bonds is 5. The topological polar surface area (TPSA) is 102 Å². The van der Waals surface area contributed by atoms with Gasteiger partial charge in [-0.3, -0.25) is 4.79 Å². The fraction of sp³-hybridized carbons (Fsp3) is 0.214. The average molecular weight is 308 g/mol. The van der Waals surface area contributed by atoms with Crippen molar-refractivity contribution in [3.05, 3.63) is 47.9 Å². The second-order valence-electron chi connectivity index (χ2n) is 4.65. The van der Waals surface area contributed by atoms with Crippen LogP contribution in [0.5, 0.6) is 0 Å². The molecule has 3 N–H and O–H groups in total. The predicted molar refractivity (Wildman–Crippen MR) is 78.2 cm³/mol. The summed E-state index contributed by atoms with van der Waals surface area (Å²) in [5.74, 6) is 0.501. The van der Waals surface area contributed by atoms with Gasteiger partial charge in [-0.25, -0.2) is 13.6 Å². The zero-order valence-electron chi connectivity index (χ0n) is 11.5. The van der Waals surface area contributed by atoms with Crippen LogP contribution < -0.4 is 10.5 Å². The van der Waals surface area contributed by atoms with Gasteiger partial charge in [-0.05, 0) is 36.8 Å². The molecule has 1 aromatic heterocycles. The molecule has 0 fully saturated rings. The smallest absolute Gasteiger partial charge is 0.238 e. The van der Waals surface area contributed by atoms with Crippen molar-refractivity contribution in [3.63, 3.8) is 0 Å². The van der Waals surface area contributed by atoms with E-state index in [1.165, 1.54) is 12.1 Å². The average Bonchev–Trinajstić information content (AvgIpc) is 2.91. The Kier molecular flexibility index (Phi) is 4.44. The summed E-state index contributed by atoms with van der Waals surface area (Å²) in [6, 6.07) is 7.91. The van der Waals surface area contributed by atoms with Crippen molar-refractivity contribution in [3.8, 4) is 0 Å². The minimum Gasteiger partial charge on any atom is -0.469 e. The van der Waals surface area contributed by atoms with Crippen LogP contribution in [0.2, 0.25) is 0 Å². The summed E-state index contributed by atoms with van der Waals surface area (Å²) in [6.07, 6.45) is 2.27.